The van der Waals surface area contributed by atoms with Crippen molar-refractivity contribution in [3.05, 3.63) is 29.8 Å². The number of sulfone groups is 1. The lowest BCUT2D eigenvalue weighted by molar-refractivity contribution is -0.106. The van der Waals surface area contributed by atoms with E-state index < -0.39 is 21.8 Å². The highest BCUT2D eigenvalue weighted by Gasteiger charge is 2.35. The highest BCUT2D eigenvalue weighted by atomic mass is 32.2. The Labute approximate surface area is 98.4 Å². The van der Waals surface area contributed by atoms with Crippen LogP contribution in [0.15, 0.2) is 29.2 Å². The van der Waals surface area contributed by atoms with Crippen LogP contribution in [0.5, 0.6) is 0 Å². The lowest BCUT2D eigenvalue weighted by Gasteiger charge is -2.08. The van der Waals surface area contributed by atoms with Gasteiger partial charge in [0.1, 0.15) is 0 Å². The maximum atomic E-state index is 12.1. The van der Waals surface area contributed by atoms with Crippen LogP contribution in [0.3, 0.4) is 0 Å². The van der Waals surface area contributed by atoms with Gasteiger partial charge in [0, 0.05) is 0 Å². The summed E-state index contributed by atoms with van der Waals surface area (Å²) in [5.74, 6) is -1.81. The second-order valence-corrected chi connectivity index (χ2v) is 5.76. The number of aryl methyl sites for hydroxylation is 1. The maximum Gasteiger partial charge on any atom is 0.403 e. The molecule has 1 rings (SSSR count). The van der Waals surface area contributed by atoms with E-state index >= 15 is 0 Å². The molecule has 0 aliphatic rings. The van der Waals surface area contributed by atoms with Gasteiger partial charge in [-0.05, 0) is 24.1 Å². The average molecular weight is 266 g/mol. The van der Waals surface area contributed by atoms with Crippen molar-refractivity contribution in [1.82, 2.24) is 0 Å². The number of benzene rings is 1. The third kappa shape index (κ3) is 4.38. The van der Waals surface area contributed by atoms with Gasteiger partial charge < -0.3 is 0 Å². The molecule has 0 spiro atoms. The SMILES string of the molecule is CCCc1cccc(S(=O)(=O)CC(F)(F)F)c1. The van der Waals surface area contributed by atoms with Crippen molar-refractivity contribution in [2.24, 2.45) is 0 Å². The van der Waals surface area contributed by atoms with Gasteiger partial charge in [-0.15, -0.1) is 0 Å². The van der Waals surface area contributed by atoms with E-state index in [0.29, 0.717) is 6.42 Å². The smallest absolute Gasteiger partial charge is 0.223 e. The number of halogens is 3. The first-order valence-corrected chi connectivity index (χ1v) is 6.78. The molecule has 0 radical (unpaired) electrons. The molecular formula is C11H13F3O2S. The van der Waals surface area contributed by atoms with Crippen LogP contribution < -0.4 is 0 Å². The molecule has 0 saturated heterocycles. The van der Waals surface area contributed by atoms with Crippen LogP contribution in [0.2, 0.25) is 0 Å². The third-order valence-electron chi connectivity index (χ3n) is 2.15. The van der Waals surface area contributed by atoms with Crippen LogP contribution in [0, 0.1) is 0 Å². The van der Waals surface area contributed by atoms with Crippen LogP contribution in [0.1, 0.15) is 18.9 Å². The van der Waals surface area contributed by atoms with E-state index in [-0.39, 0.29) is 4.90 Å². The van der Waals surface area contributed by atoms with Gasteiger partial charge in [-0.1, -0.05) is 25.5 Å². The molecule has 0 atom stereocenters. The van der Waals surface area contributed by atoms with Crippen LogP contribution in [0.4, 0.5) is 13.2 Å². The van der Waals surface area contributed by atoms with Gasteiger partial charge >= 0.3 is 6.18 Å². The Balaban J connectivity index is 3.03. The predicted molar refractivity (Wildman–Crippen MR) is 58.5 cm³/mol. The monoisotopic (exact) mass is 266 g/mol. The Hall–Kier alpha value is -1.04. The first-order valence-electron chi connectivity index (χ1n) is 5.13. The Morgan fingerprint density at radius 3 is 2.41 bits per heavy atom. The predicted octanol–water partition coefficient (Wildman–Crippen LogP) is 2.98. The molecule has 0 N–H and O–H groups in total. The molecule has 0 unspecified atom stereocenters. The summed E-state index contributed by atoms with van der Waals surface area (Å²) in [5.41, 5.74) is 0.732. The topological polar surface area (TPSA) is 34.1 Å². The third-order valence-corrected chi connectivity index (χ3v) is 3.83. The minimum Gasteiger partial charge on any atom is -0.223 e. The molecule has 0 aliphatic carbocycles. The minimum atomic E-state index is -4.71. The maximum absolute atomic E-state index is 12.1. The molecular weight excluding hydrogens is 253 g/mol. The highest BCUT2D eigenvalue weighted by molar-refractivity contribution is 7.91. The molecule has 17 heavy (non-hydrogen) atoms. The molecule has 2 nitrogen and oxygen atoms in total. The van der Waals surface area contributed by atoms with Crippen LogP contribution in [-0.4, -0.2) is 20.3 Å². The number of alkyl halides is 3. The van der Waals surface area contributed by atoms with Gasteiger partial charge in [0.2, 0.25) is 0 Å². The van der Waals surface area contributed by atoms with Crippen LogP contribution in [0.25, 0.3) is 0 Å². The summed E-state index contributed by atoms with van der Waals surface area (Å²) in [6, 6.07) is 5.68. The molecule has 0 saturated carbocycles. The lowest BCUT2D eigenvalue weighted by atomic mass is 10.1. The van der Waals surface area contributed by atoms with Crippen LogP contribution >= 0.6 is 0 Å². The Morgan fingerprint density at radius 2 is 1.88 bits per heavy atom. The fourth-order valence-corrected chi connectivity index (χ4v) is 2.70. The van der Waals surface area contributed by atoms with Crippen molar-refractivity contribution >= 4 is 9.84 Å². The van der Waals surface area contributed by atoms with Crippen molar-refractivity contribution in [2.45, 2.75) is 30.8 Å². The zero-order chi connectivity index (χ0) is 13.1. The molecule has 0 aromatic heterocycles. The Kier molecular flexibility index (Phi) is 4.19. The lowest BCUT2D eigenvalue weighted by Crippen LogP contribution is -2.22. The normalized spacial score (nSPS) is 12.7. The zero-order valence-corrected chi connectivity index (χ0v) is 10.1. The highest BCUT2D eigenvalue weighted by Crippen LogP contribution is 2.23. The molecule has 96 valence electrons. The van der Waals surface area contributed by atoms with Gasteiger partial charge in [0.05, 0.1) is 4.90 Å². The van der Waals surface area contributed by atoms with Gasteiger partial charge in [0.15, 0.2) is 15.6 Å². The van der Waals surface area contributed by atoms with Crippen molar-refractivity contribution in [2.75, 3.05) is 5.75 Å². The van der Waals surface area contributed by atoms with E-state index in [9.17, 15) is 21.6 Å². The summed E-state index contributed by atoms with van der Waals surface area (Å²) in [5, 5.41) is 0. The second kappa shape index (κ2) is 5.08. The molecule has 0 aliphatic heterocycles. The van der Waals surface area contributed by atoms with E-state index in [2.05, 4.69) is 0 Å². The second-order valence-electron chi connectivity index (χ2n) is 3.77. The number of rotatable bonds is 4. The summed E-state index contributed by atoms with van der Waals surface area (Å²) in [7, 11) is -4.28. The molecule has 6 heteroatoms. The molecule has 0 fully saturated rings. The molecule has 0 bridgehead atoms. The fourth-order valence-electron chi connectivity index (χ4n) is 1.48. The quantitative estimate of drug-likeness (QED) is 0.839. The molecule has 1 aromatic rings. The Bertz CT molecular complexity index is 478. The van der Waals surface area contributed by atoms with Crippen molar-refractivity contribution in [3.8, 4) is 0 Å². The van der Waals surface area contributed by atoms with Gasteiger partial charge in [-0.3, -0.25) is 0 Å². The summed E-state index contributed by atoms with van der Waals surface area (Å²) in [6.45, 7) is 1.91. The summed E-state index contributed by atoms with van der Waals surface area (Å²) < 4.78 is 59.3. The zero-order valence-electron chi connectivity index (χ0n) is 9.29. The van der Waals surface area contributed by atoms with Gasteiger partial charge in [-0.25, -0.2) is 8.42 Å². The Morgan fingerprint density at radius 1 is 1.24 bits per heavy atom. The van der Waals surface area contributed by atoms with E-state index in [1.165, 1.54) is 18.2 Å². The average Bonchev–Trinajstić information content (AvgIpc) is 2.15. The van der Waals surface area contributed by atoms with E-state index in [1.54, 1.807) is 6.07 Å². The largest absolute Gasteiger partial charge is 0.403 e. The molecule has 1 aromatic carbocycles. The first-order chi connectivity index (χ1) is 7.74. The summed E-state index contributed by atoms with van der Waals surface area (Å²) in [6.07, 6.45) is -3.25. The molecule has 0 amide bonds. The molecule has 0 heterocycles. The standard InChI is InChI=1S/C11H13F3O2S/c1-2-4-9-5-3-6-10(7-9)17(15,16)8-11(12,13)14/h3,5-7H,2,4,8H2,1H3. The first kappa shape index (κ1) is 14.0. The summed E-state index contributed by atoms with van der Waals surface area (Å²) >= 11 is 0. The minimum absolute atomic E-state index is 0.263. The van der Waals surface area contributed by atoms with Crippen LogP contribution in [-0.2, 0) is 16.3 Å². The van der Waals surface area contributed by atoms with Gasteiger partial charge in [0.25, 0.3) is 0 Å². The van der Waals surface area contributed by atoms with Crippen molar-refractivity contribution in [3.63, 3.8) is 0 Å². The summed E-state index contributed by atoms with van der Waals surface area (Å²) in [4.78, 5) is -0.263. The van der Waals surface area contributed by atoms with E-state index in [0.717, 1.165) is 12.0 Å². The van der Waals surface area contributed by atoms with E-state index in [4.69, 9.17) is 0 Å². The van der Waals surface area contributed by atoms with Crippen molar-refractivity contribution < 1.29 is 21.6 Å². The number of hydrogen-bond acceptors (Lipinski definition) is 2. The van der Waals surface area contributed by atoms with Gasteiger partial charge in [-0.2, -0.15) is 13.2 Å². The number of hydrogen-bond donors (Lipinski definition) is 0. The fraction of sp³-hybridized carbons (Fsp3) is 0.455. The van der Waals surface area contributed by atoms with Crippen molar-refractivity contribution in [1.29, 1.82) is 0 Å². The van der Waals surface area contributed by atoms with E-state index in [1.807, 2.05) is 6.92 Å².